The van der Waals surface area contributed by atoms with Crippen molar-refractivity contribution < 1.29 is 4.74 Å². The molecule has 2 aromatic heterocycles. The topological polar surface area (TPSA) is 51.5 Å². The molecule has 16 heavy (non-hydrogen) atoms. The Morgan fingerprint density at radius 1 is 1.56 bits per heavy atom. The Morgan fingerprint density at radius 2 is 2.50 bits per heavy atom. The maximum atomic E-state index is 5.45. The van der Waals surface area contributed by atoms with Crippen molar-refractivity contribution >= 4 is 21.4 Å². The van der Waals surface area contributed by atoms with Crippen molar-refractivity contribution in [2.24, 2.45) is 0 Å². The van der Waals surface area contributed by atoms with Gasteiger partial charge in [-0.25, -0.2) is 4.98 Å². The van der Waals surface area contributed by atoms with Crippen LogP contribution in [-0.2, 0) is 4.74 Å². The minimum absolute atomic E-state index is 0.148. The molecule has 1 aliphatic heterocycles. The number of ether oxygens (including phenoxy) is 1. The van der Waals surface area contributed by atoms with Crippen LogP contribution in [0.1, 0.15) is 11.9 Å². The van der Waals surface area contributed by atoms with Crippen LogP contribution in [0.25, 0.3) is 5.52 Å². The number of rotatable bonds is 1. The van der Waals surface area contributed by atoms with Gasteiger partial charge in [-0.05, 0) is 15.9 Å². The van der Waals surface area contributed by atoms with Crippen molar-refractivity contribution in [3.05, 3.63) is 29.0 Å². The second-order valence-corrected chi connectivity index (χ2v) is 4.43. The Labute approximate surface area is 101 Å². The Kier molecular flexibility index (Phi) is 2.62. The number of imidazole rings is 1. The number of halogens is 1. The van der Waals surface area contributed by atoms with E-state index in [1.807, 2.05) is 10.6 Å². The van der Waals surface area contributed by atoms with Gasteiger partial charge in [0.15, 0.2) is 0 Å². The molecule has 6 heteroatoms. The molecule has 3 heterocycles. The minimum atomic E-state index is 0.148. The molecule has 1 N–H and O–H groups in total. The summed E-state index contributed by atoms with van der Waals surface area (Å²) in [5.74, 6) is 0.962. The number of morpholine rings is 1. The van der Waals surface area contributed by atoms with Gasteiger partial charge >= 0.3 is 0 Å². The van der Waals surface area contributed by atoms with Gasteiger partial charge < -0.3 is 10.1 Å². The normalized spacial score (nSPS) is 21.4. The Bertz CT molecular complexity index is 506. The first-order valence-corrected chi connectivity index (χ1v) is 5.94. The number of nitrogens with zero attached hydrogens (tertiary/aromatic N) is 3. The Balaban J connectivity index is 2.08. The number of nitrogens with one attached hydrogen (secondary N) is 1. The number of aromatic nitrogens is 3. The zero-order chi connectivity index (χ0) is 11.0. The van der Waals surface area contributed by atoms with Gasteiger partial charge in [-0.15, -0.1) is 0 Å². The highest BCUT2D eigenvalue weighted by Crippen LogP contribution is 2.22. The van der Waals surface area contributed by atoms with Crippen LogP contribution in [-0.4, -0.2) is 34.1 Å². The lowest BCUT2D eigenvalue weighted by Crippen LogP contribution is -2.35. The van der Waals surface area contributed by atoms with E-state index < -0.39 is 0 Å². The molecule has 3 rings (SSSR count). The lowest BCUT2D eigenvalue weighted by atomic mass is 10.2. The molecule has 0 spiro atoms. The largest absolute Gasteiger partial charge is 0.378 e. The third-order valence-electron chi connectivity index (χ3n) is 2.66. The summed E-state index contributed by atoms with van der Waals surface area (Å²) < 4.78 is 8.30. The van der Waals surface area contributed by atoms with E-state index in [2.05, 4.69) is 31.2 Å². The number of fused-ring (bicyclic) bond motifs is 1. The molecule has 0 amide bonds. The summed E-state index contributed by atoms with van der Waals surface area (Å²) in [6, 6.07) is 0.148. The van der Waals surface area contributed by atoms with Crippen molar-refractivity contribution in [1.29, 1.82) is 0 Å². The van der Waals surface area contributed by atoms with Crippen molar-refractivity contribution in [3.63, 3.8) is 0 Å². The maximum Gasteiger partial charge on any atom is 0.134 e. The van der Waals surface area contributed by atoms with Crippen LogP contribution in [0.15, 0.2) is 23.2 Å². The zero-order valence-electron chi connectivity index (χ0n) is 8.56. The third-order valence-corrected chi connectivity index (χ3v) is 3.25. The molecule has 1 atom stereocenters. The molecule has 0 radical (unpaired) electrons. The molecule has 0 aromatic carbocycles. The summed E-state index contributed by atoms with van der Waals surface area (Å²) in [4.78, 5) is 8.60. The first-order valence-electron chi connectivity index (χ1n) is 5.15. The van der Waals surface area contributed by atoms with E-state index in [1.165, 1.54) is 0 Å². The van der Waals surface area contributed by atoms with Gasteiger partial charge in [0.05, 0.1) is 31.0 Å². The number of hydrogen-bond donors (Lipinski definition) is 1. The van der Waals surface area contributed by atoms with Gasteiger partial charge in [0.1, 0.15) is 10.4 Å². The van der Waals surface area contributed by atoms with Gasteiger partial charge in [-0.1, -0.05) is 0 Å². The standard InChI is InChI=1S/C10H11BrN4O/c11-9-8-5-12-1-3-15(8)10(14-9)7-6-16-4-2-13-7/h1,3,5,7,13H,2,4,6H2. The van der Waals surface area contributed by atoms with Gasteiger partial charge in [-0.3, -0.25) is 9.38 Å². The monoisotopic (exact) mass is 282 g/mol. The highest BCUT2D eigenvalue weighted by atomic mass is 79.9. The highest BCUT2D eigenvalue weighted by molar-refractivity contribution is 9.10. The van der Waals surface area contributed by atoms with Crippen molar-refractivity contribution in [2.45, 2.75) is 6.04 Å². The van der Waals surface area contributed by atoms with Crippen LogP contribution in [0.3, 0.4) is 0 Å². The second kappa shape index (κ2) is 4.12. The van der Waals surface area contributed by atoms with Crippen LogP contribution < -0.4 is 5.32 Å². The fourth-order valence-electron chi connectivity index (χ4n) is 1.90. The summed E-state index contributed by atoms with van der Waals surface area (Å²) in [7, 11) is 0. The third kappa shape index (κ3) is 1.63. The van der Waals surface area contributed by atoms with Gasteiger partial charge in [0.2, 0.25) is 0 Å². The van der Waals surface area contributed by atoms with E-state index in [9.17, 15) is 0 Å². The average molecular weight is 283 g/mol. The van der Waals surface area contributed by atoms with E-state index >= 15 is 0 Å². The van der Waals surface area contributed by atoms with E-state index in [0.717, 1.165) is 29.1 Å². The summed E-state index contributed by atoms with van der Waals surface area (Å²) in [5, 5.41) is 3.39. The Hall–Kier alpha value is -0.980. The van der Waals surface area contributed by atoms with Gasteiger partial charge in [0.25, 0.3) is 0 Å². The fraction of sp³-hybridized carbons (Fsp3) is 0.400. The predicted molar refractivity (Wildman–Crippen MR) is 62.2 cm³/mol. The molecule has 5 nitrogen and oxygen atoms in total. The van der Waals surface area contributed by atoms with Crippen LogP contribution in [0.2, 0.25) is 0 Å². The first kappa shape index (κ1) is 10.2. The van der Waals surface area contributed by atoms with E-state index in [4.69, 9.17) is 4.74 Å². The van der Waals surface area contributed by atoms with Crippen LogP contribution >= 0.6 is 15.9 Å². The van der Waals surface area contributed by atoms with Crippen molar-refractivity contribution in [3.8, 4) is 0 Å². The molecule has 2 aromatic rings. The minimum Gasteiger partial charge on any atom is -0.378 e. The summed E-state index contributed by atoms with van der Waals surface area (Å²) in [5.41, 5.74) is 0.977. The molecule has 0 bridgehead atoms. The molecule has 1 fully saturated rings. The van der Waals surface area contributed by atoms with E-state index in [0.29, 0.717) is 6.61 Å². The lowest BCUT2D eigenvalue weighted by Gasteiger charge is -2.22. The maximum absolute atomic E-state index is 5.45. The van der Waals surface area contributed by atoms with E-state index in [1.54, 1.807) is 12.4 Å². The predicted octanol–water partition coefficient (Wildman–Crippen LogP) is 1.15. The van der Waals surface area contributed by atoms with Crippen molar-refractivity contribution in [2.75, 3.05) is 19.8 Å². The zero-order valence-corrected chi connectivity index (χ0v) is 10.1. The van der Waals surface area contributed by atoms with Crippen molar-refractivity contribution in [1.82, 2.24) is 19.7 Å². The van der Waals surface area contributed by atoms with Crippen LogP contribution in [0, 0.1) is 0 Å². The summed E-state index contributed by atoms with van der Waals surface area (Å²) in [6.45, 7) is 2.29. The molecular weight excluding hydrogens is 272 g/mol. The smallest absolute Gasteiger partial charge is 0.134 e. The summed E-state index contributed by atoms with van der Waals surface area (Å²) >= 11 is 3.44. The molecule has 0 aliphatic carbocycles. The van der Waals surface area contributed by atoms with Gasteiger partial charge in [-0.2, -0.15) is 0 Å². The highest BCUT2D eigenvalue weighted by Gasteiger charge is 2.21. The molecule has 0 saturated carbocycles. The SMILES string of the molecule is Brc1nc(C2COCCN2)n2ccncc12. The number of hydrogen-bond acceptors (Lipinski definition) is 4. The van der Waals surface area contributed by atoms with E-state index in [-0.39, 0.29) is 6.04 Å². The molecule has 1 saturated heterocycles. The van der Waals surface area contributed by atoms with Crippen LogP contribution in [0.4, 0.5) is 0 Å². The second-order valence-electron chi connectivity index (χ2n) is 3.67. The molecule has 84 valence electrons. The van der Waals surface area contributed by atoms with Gasteiger partial charge in [0, 0.05) is 18.9 Å². The molecular formula is C10H11BrN4O. The first-order chi connectivity index (χ1) is 7.86. The fourth-order valence-corrected chi connectivity index (χ4v) is 2.38. The average Bonchev–Trinajstić information content (AvgIpc) is 2.69. The Morgan fingerprint density at radius 3 is 3.31 bits per heavy atom. The van der Waals surface area contributed by atoms with Crippen LogP contribution in [0.5, 0.6) is 0 Å². The quantitative estimate of drug-likeness (QED) is 0.853. The molecule has 1 unspecified atom stereocenters. The molecule has 1 aliphatic rings. The lowest BCUT2D eigenvalue weighted by molar-refractivity contribution is 0.0740. The summed E-state index contributed by atoms with van der Waals surface area (Å²) in [6.07, 6.45) is 5.47.